The van der Waals surface area contributed by atoms with Crippen LogP contribution in [0.25, 0.3) is 0 Å². The Morgan fingerprint density at radius 3 is 2.76 bits per heavy atom. The summed E-state index contributed by atoms with van der Waals surface area (Å²) in [6, 6.07) is 11.4. The lowest BCUT2D eigenvalue weighted by atomic mass is 10.1. The van der Waals surface area contributed by atoms with Gasteiger partial charge in [-0.2, -0.15) is 0 Å². The third-order valence-electron chi connectivity index (χ3n) is 3.14. The van der Waals surface area contributed by atoms with Crippen LogP contribution in [0.2, 0.25) is 0 Å². The maximum atomic E-state index is 12.0. The lowest BCUT2D eigenvalue weighted by Crippen LogP contribution is -2.13. The highest BCUT2D eigenvalue weighted by atomic mass is 79.9. The van der Waals surface area contributed by atoms with Crippen LogP contribution in [0, 0.1) is 0 Å². The van der Waals surface area contributed by atoms with Gasteiger partial charge in [0.25, 0.3) is 0 Å². The summed E-state index contributed by atoms with van der Waals surface area (Å²) >= 11 is 5.14. The standard InChI is InChI=1S/C16H18BrNO2S/c1-11(19)13-6-2-3-7-14(13)18-16(20)8-4-5-12-9-10-15(17)21-12/h2-3,6-7,9-11,19H,4-5,8H2,1H3,(H,18,20). The second-order valence-corrected chi connectivity index (χ2v) is 7.42. The molecule has 1 heterocycles. The summed E-state index contributed by atoms with van der Waals surface area (Å²) < 4.78 is 1.12. The van der Waals surface area contributed by atoms with E-state index in [1.165, 1.54) is 4.88 Å². The van der Waals surface area contributed by atoms with E-state index in [4.69, 9.17) is 0 Å². The molecule has 2 aromatic rings. The number of anilines is 1. The van der Waals surface area contributed by atoms with E-state index in [0.717, 1.165) is 22.2 Å². The van der Waals surface area contributed by atoms with Crippen LogP contribution in [0.5, 0.6) is 0 Å². The van der Waals surface area contributed by atoms with E-state index in [9.17, 15) is 9.90 Å². The molecule has 0 fully saturated rings. The molecule has 0 spiro atoms. The summed E-state index contributed by atoms with van der Waals surface area (Å²) in [4.78, 5) is 13.3. The number of aliphatic hydroxyl groups excluding tert-OH is 1. The minimum Gasteiger partial charge on any atom is -0.389 e. The first-order valence-corrected chi connectivity index (χ1v) is 8.48. The smallest absolute Gasteiger partial charge is 0.224 e. The van der Waals surface area contributed by atoms with Crippen molar-refractivity contribution in [1.29, 1.82) is 0 Å². The highest BCUT2D eigenvalue weighted by Crippen LogP contribution is 2.24. The Bertz CT molecular complexity index is 610. The number of benzene rings is 1. The molecular formula is C16H18BrNO2S. The van der Waals surface area contributed by atoms with E-state index in [1.807, 2.05) is 30.3 Å². The topological polar surface area (TPSA) is 49.3 Å². The van der Waals surface area contributed by atoms with Crippen molar-refractivity contribution >= 4 is 38.9 Å². The molecule has 5 heteroatoms. The van der Waals surface area contributed by atoms with E-state index >= 15 is 0 Å². The van der Waals surface area contributed by atoms with Crippen molar-refractivity contribution in [2.75, 3.05) is 5.32 Å². The van der Waals surface area contributed by atoms with Crippen molar-refractivity contribution in [2.24, 2.45) is 0 Å². The predicted octanol–water partition coefficient (Wildman–Crippen LogP) is 4.53. The number of para-hydroxylation sites is 1. The number of hydrogen-bond acceptors (Lipinski definition) is 3. The molecule has 0 aliphatic carbocycles. The van der Waals surface area contributed by atoms with Crippen LogP contribution in [-0.4, -0.2) is 11.0 Å². The maximum absolute atomic E-state index is 12.0. The quantitative estimate of drug-likeness (QED) is 0.787. The SMILES string of the molecule is CC(O)c1ccccc1NC(=O)CCCc1ccc(Br)s1. The maximum Gasteiger partial charge on any atom is 0.224 e. The van der Waals surface area contributed by atoms with Crippen molar-refractivity contribution in [1.82, 2.24) is 0 Å². The Hall–Kier alpha value is -1.17. The molecule has 1 atom stereocenters. The third kappa shape index (κ3) is 4.95. The molecule has 112 valence electrons. The molecule has 1 aromatic heterocycles. The van der Waals surface area contributed by atoms with Crippen LogP contribution in [-0.2, 0) is 11.2 Å². The Balaban J connectivity index is 1.84. The molecule has 1 aromatic carbocycles. The van der Waals surface area contributed by atoms with Gasteiger partial charge in [0.05, 0.1) is 9.89 Å². The zero-order chi connectivity index (χ0) is 15.2. The summed E-state index contributed by atoms with van der Waals surface area (Å²) in [5, 5.41) is 12.6. The molecule has 1 amide bonds. The van der Waals surface area contributed by atoms with Gasteiger partial charge in [0.1, 0.15) is 0 Å². The minimum absolute atomic E-state index is 0.0151. The molecule has 0 aliphatic heterocycles. The number of hydrogen-bond donors (Lipinski definition) is 2. The second-order valence-electron chi connectivity index (χ2n) is 4.87. The average molecular weight is 368 g/mol. The molecule has 0 saturated carbocycles. The highest BCUT2D eigenvalue weighted by Gasteiger charge is 2.10. The Kier molecular flexibility index (Phi) is 5.96. The Labute approximate surface area is 137 Å². The molecule has 0 aliphatic rings. The lowest BCUT2D eigenvalue weighted by Gasteiger charge is -2.12. The molecule has 21 heavy (non-hydrogen) atoms. The van der Waals surface area contributed by atoms with Crippen molar-refractivity contribution in [3.63, 3.8) is 0 Å². The largest absolute Gasteiger partial charge is 0.389 e. The third-order valence-corrected chi connectivity index (χ3v) is 4.82. The molecular weight excluding hydrogens is 350 g/mol. The normalized spacial score (nSPS) is 12.1. The summed E-state index contributed by atoms with van der Waals surface area (Å²) in [5.74, 6) is -0.0151. The van der Waals surface area contributed by atoms with Gasteiger partial charge in [-0.05, 0) is 53.9 Å². The fraction of sp³-hybridized carbons (Fsp3) is 0.312. The van der Waals surface area contributed by atoms with Crippen LogP contribution in [0.3, 0.4) is 0 Å². The van der Waals surface area contributed by atoms with E-state index < -0.39 is 6.10 Å². The first-order chi connectivity index (χ1) is 10.1. The molecule has 1 unspecified atom stereocenters. The van der Waals surface area contributed by atoms with Gasteiger partial charge in [-0.25, -0.2) is 0 Å². The lowest BCUT2D eigenvalue weighted by molar-refractivity contribution is -0.116. The number of aliphatic hydroxyl groups is 1. The monoisotopic (exact) mass is 367 g/mol. The number of carbonyl (C=O) groups excluding carboxylic acids is 1. The highest BCUT2D eigenvalue weighted by molar-refractivity contribution is 9.11. The molecule has 0 radical (unpaired) electrons. The fourth-order valence-electron chi connectivity index (χ4n) is 2.10. The average Bonchev–Trinajstić information content (AvgIpc) is 2.85. The van der Waals surface area contributed by atoms with Gasteiger partial charge < -0.3 is 10.4 Å². The van der Waals surface area contributed by atoms with Crippen molar-refractivity contribution in [3.05, 3.63) is 50.6 Å². The number of aryl methyl sites for hydroxylation is 1. The van der Waals surface area contributed by atoms with Gasteiger partial charge in [0, 0.05) is 22.5 Å². The van der Waals surface area contributed by atoms with Crippen LogP contribution in [0.1, 0.15) is 36.3 Å². The van der Waals surface area contributed by atoms with E-state index in [0.29, 0.717) is 12.1 Å². The molecule has 0 bridgehead atoms. The van der Waals surface area contributed by atoms with Gasteiger partial charge >= 0.3 is 0 Å². The first-order valence-electron chi connectivity index (χ1n) is 6.87. The van der Waals surface area contributed by atoms with E-state index in [-0.39, 0.29) is 5.91 Å². The number of thiophene rings is 1. The van der Waals surface area contributed by atoms with Gasteiger partial charge in [0.15, 0.2) is 0 Å². The number of nitrogens with one attached hydrogen (secondary N) is 1. The van der Waals surface area contributed by atoms with Crippen molar-refractivity contribution < 1.29 is 9.90 Å². The fourth-order valence-corrected chi connectivity index (χ4v) is 3.62. The van der Waals surface area contributed by atoms with Crippen LogP contribution in [0.4, 0.5) is 5.69 Å². The predicted molar refractivity (Wildman–Crippen MR) is 90.7 cm³/mol. The van der Waals surface area contributed by atoms with Gasteiger partial charge in [-0.1, -0.05) is 18.2 Å². The Morgan fingerprint density at radius 2 is 2.10 bits per heavy atom. The molecule has 0 saturated heterocycles. The summed E-state index contributed by atoms with van der Waals surface area (Å²) in [5.41, 5.74) is 1.43. The zero-order valence-corrected chi connectivity index (χ0v) is 14.2. The van der Waals surface area contributed by atoms with Gasteiger partial charge in [-0.15, -0.1) is 11.3 Å². The molecule has 2 N–H and O–H groups in total. The first kappa shape index (κ1) is 16.2. The van der Waals surface area contributed by atoms with Crippen LogP contribution < -0.4 is 5.32 Å². The summed E-state index contributed by atoms with van der Waals surface area (Å²) in [6.07, 6.45) is 1.60. The van der Waals surface area contributed by atoms with Crippen molar-refractivity contribution in [3.8, 4) is 0 Å². The number of carbonyl (C=O) groups is 1. The molecule has 3 nitrogen and oxygen atoms in total. The number of halogens is 1. The van der Waals surface area contributed by atoms with E-state index in [1.54, 1.807) is 18.3 Å². The number of amides is 1. The van der Waals surface area contributed by atoms with Crippen molar-refractivity contribution in [2.45, 2.75) is 32.3 Å². The van der Waals surface area contributed by atoms with Gasteiger partial charge in [0.2, 0.25) is 5.91 Å². The number of rotatable bonds is 6. The summed E-state index contributed by atoms with van der Waals surface area (Å²) in [7, 11) is 0. The van der Waals surface area contributed by atoms with E-state index in [2.05, 4.69) is 27.3 Å². The Morgan fingerprint density at radius 1 is 1.33 bits per heavy atom. The van der Waals surface area contributed by atoms with Gasteiger partial charge in [-0.3, -0.25) is 4.79 Å². The van der Waals surface area contributed by atoms with Crippen LogP contribution >= 0.6 is 27.3 Å². The minimum atomic E-state index is -0.593. The molecule has 2 rings (SSSR count). The second kappa shape index (κ2) is 7.73. The zero-order valence-electron chi connectivity index (χ0n) is 11.8. The summed E-state index contributed by atoms with van der Waals surface area (Å²) in [6.45, 7) is 1.69. The van der Waals surface area contributed by atoms with Crippen LogP contribution in [0.15, 0.2) is 40.2 Å².